The van der Waals surface area contributed by atoms with Crippen LogP contribution in [-0.2, 0) is 0 Å². The highest BCUT2D eigenvalue weighted by Gasteiger charge is 2.37. The van der Waals surface area contributed by atoms with Crippen LogP contribution in [0.25, 0.3) is 0 Å². The van der Waals surface area contributed by atoms with Gasteiger partial charge in [0, 0.05) is 17.6 Å². The first kappa shape index (κ1) is 16.9. The third-order valence-electron chi connectivity index (χ3n) is 3.10. The standard InChI is InChI=1S/C14H20F4N2/c1-9(2)20(8-14(16,17)18)13(10(3)19)11-6-4-5-7-12(11)15/h4-7,9-10,13H,8,19H2,1-3H3. The van der Waals surface area contributed by atoms with Crippen molar-refractivity contribution in [3.05, 3.63) is 35.6 Å². The van der Waals surface area contributed by atoms with Crippen molar-refractivity contribution in [3.8, 4) is 0 Å². The maximum absolute atomic E-state index is 13.9. The maximum Gasteiger partial charge on any atom is 0.401 e. The zero-order chi connectivity index (χ0) is 15.5. The van der Waals surface area contributed by atoms with Crippen LogP contribution in [0.15, 0.2) is 24.3 Å². The van der Waals surface area contributed by atoms with Crippen LogP contribution in [0.4, 0.5) is 17.6 Å². The monoisotopic (exact) mass is 292 g/mol. The molecule has 0 saturated heterocycles. The fourth-order valence-electron chi connectivity index (χ4n) is 2.29. The van der Waals surface area contributed by atoms with Crippen molar-refractivity contribution in [3.63, 3.8) is 0 Å². The van der Waals surface area contributed by atoms with Crippen molar-refractivity contribution < 1.29 is 17.6 Å². The van der Waals surface area contributed by atoms with Crippen LogP contribution in [0.1, 0.15) is 32.4 Å². The first-order chi connectivity index (χ1) is 9.13. The van der Waals surface area contributed by atoms with E-state index in [0.29, 0.717) is 0 Å². The molecule has 0 spiro atoms. The fraction of sp³-hybridized carbons (Fsp3) is 0.571. The maximum atomic E-state index is 13.9. The van der Waals surface area contributed by atoms with Gasteiger partial charge in [-0.25, -0.2) is 4.39 Å². The third kappa shape index (κ3) is 4.45. The van der Waals surface area contributed by atoms with E-state index >= 15 is 0 Å². The van der Waals surface area contributed by atoms with Crippen LogP contribution in [0.2, 0.25) is 0 Å². The normalized spacial score (nSPS) is 15.7. The van der Waals surface area contributed by atoms with Gasteiger partial charge in [-0.1, -0.05) is 18.2 Å². The summed E-state index contributed by atoms with van der Waals surface area (Å²) in [5, 5.41) is 0. The third-order valence-corrected chi connectivity index (χ3v) is 3.10. The molecule has 0 amide bonds. The highest BCUT2D eigenvalue weighted by atomic mass is 19.4. The summed E-state index contributed by atoms with van der Waals surface area (Å²) >= 11 is 0. The minimum atomic E-state index is -4.36. The molecule has 114 valence electrons. The summed E-state index contributed by atoms with van der Waals surface area (Å²) in [6, 6.07) is 3.95. The zero-order valence-electron chi connectivity index (χ0n) is 11.8. The molecule has 1 aromatic carbocycles. The smallest absolute Gasteiger partial charge is 0.326 e. The lowest BCUT2D eigenvalue weighted by molar-refractivity contribution is -0.156. The second kappa shape index (κ2) is 6.54. The Labute approximate surface area is 116 Å². The van der Waals surface area contributed by atoms with E-state index < -0.39 is 36.7 Å². The molecule has 2 atom stereocenters. The molecule has 2 N–H and O–H groups in total. The predicted molar refractivity (Wildman–Crippen MR) is 70.7 cm³/mol. The molecule has 2 unspecified atom stereocenters. The molecule has 0 saturated carbocycles. The summed E-state index contributed by atoms with van der Waals surface area (Å²) in [6.07, 6.45) is -4.36. The van der Waals surface area contributed by atoms with Crippen LogP contribution < -0.4 is 5.73 Å². The van der Waals surface area contributed by atoms with Crippen LogP contribution in [0.3, 0.4) is 0 Å². The van der Waals surface area contributed by atoms with Gasteiger partial charge in [-0.05, 0) is 26.8 Å². The van der Waals surface area contributed by atoms with Gasteiger partial charge < -0.3 is 5.73 Å². The van der Waals surface area contributed by atoms with Crippen molar-refractivity contribution in [1.82, 2.24) is 4.90 Å². The molecule has 0 aliphatic rings. The Kier molecular flexibility index (Phi) is 5.53. The number of rotatable bonds is 5. The first-order valence-electron chi connectivity index (χ1n) is 6.46. The second-order valence-electron chi connectivity index (χ2n) is 5.21. The van der Waals surface area contributed by atoms with E-state index in [1.165, 1.54) is 23.1 Å². The number of hydrogen-bond acceptors (Lipinski definition) is 2. The van der Waals surface area contributed by atoms with E-state index in [4.69, 9.17) is 5.73 Å². The molecule has 0 aliphatic heterocycles. The number of nitrogens with two attached hydrogens (primary N) is 1. The Morgan fingerprint density at radius 1 is 1.15 bits per heavy atom. The lowest BCUT2D eigenvalue weighted by Gasteiger charge is -2.38. The number of benzene rings is 1. The van der Waals surface area contributed by atoms with Gasteiger partial charge in [0.1, 0.15) is 5.82 Å². The molecule has 0 radical (unpaired) electrons. The number of nitrogens with zero attached hydrogens (tertiary/aromatic N) is 1. The van der Waals surface area contributed by atoms with Gasteiger partial charge in [0.05, 0.1) is 12.6 Å². The molecule has 1 rings (SSSR count). The van der Waals surface area contributed by atoms with Crippen molar-refractivity contribution in [2.24, 2.45) is 5.73 Å². The lowest BCUT2D eigenvalue weighted by atomic mass is 9.97. The SMILES string of the molecule is CC(N)C(c1ccccc1F)N(CC(F)(F)F)C(C)C. The summed E-state index contributed by atoms with van der Waals surface area (Å²) < 4.78 is 52.1. The molecule has 2 nitrogen and oxygen atoms in total. The minimum Gasteiger partial charge on any atom is -0.326 e. The van der Waals surface area contributed by atoms with Crippen molar-refractivity contribution >= 4 is 0 Å². The molecule has 0 aromatic heterocycles. The Bertz CT molecular complexity index is 429. The molecular formula is C14H20F4N2. The number of hydrogen-bond donors (Lipinski definition) is 1. The average molecular weight is 292 g/mol. The molecule has 6 heteroatoms. The van der Waals surface area contributed by atoms with Gasteiger partial charge in [0.2, 0.25) is 0 Å². The molecule has 0 heterocycles. The molecule has 0 bridgehead atoms. The molecular weight excluding hydrogens is 272 g/mol. The lowest BCUT2D eigenvalue weighted by Crippen LogP contribution is -2.47. The van der Waals surface area contributed by atoms with Gasteiger partial charge in [0.25, 0.3) is 0 Å². The molecule has 20 heavy (non-hydrogen) atoms. The zero-order valence-corrected chi connectivity index (χ0v) is 11.8. The van der Waals surface area contributed by atoms with E-state index in [0.717, 1.165) is 0 Å². The second-order valence-corrected chi connectivity index (χ2v) is 5.21. The van der Waals surface area contributed by atoms with Gasteiger partial charge >= 0.3 is 6.18 Å². The Balaban J connectivity index is 3.19. The van der Waals surface area contributed by atoms with Crippen molar-refractivity contribution in [2.75, 3.05) is 6.54 Å². The van der Waals surface area contributed by atoms with E-state index in [1.54, 1.807) is 26.8 Å². The fourth-order valence-corrected chi connectivity index (χ4v) is 2.29. The highest BCUT2D eigenvalue weighted by Crippen LogP contribution is 2.31. The number of halogens is 4. The summed E-state index contributed by atoms with van der Waals surface area (Å²) in [6.45, 7) is 3.75. The summed E-state index contributed by atoms with van der Waals surface area (Å²) in [4.78, 5) is 1.18. The summed E-state index contributed by atoms with van der Waals surface area (Å²) in [7, 11) is 0. The largest absolute Gasteiger partial charge is 0.401 e. The van der Waals surface area contributed by atoms with E-state index in [2.05, 4.69) is 0 Å². The van der Waals surface area contributed by atoms with Crippen molar-refractivity contribution in [1.29, 1.82) is 0 Å². The quantitative estimate of drug-likeness (QED) is 0.842. The predicted octanol–water partition coefficient (Wildman–Crippen LogP) is 3.49. The van der Waals surface area contributed by atoms with Crippen LogP contribution >= 0.6 is 0 Å². The van der Waals surface area contributed by atoms with Gasteiger partial charge in [-0.2, -0.15) is 13.2 Å². The minimum absolute atomic E-state index is 0.195. The van der Waals surface area contributed by atoms with Crippen LogP contribution in [-0.4, -0.2) is 29.7 Å². The van der Waals surface area contributed by atoms with E-state index in [1.807, 2.05) is 0 Å². The summed E-state index contributed by atoms with van der Waals surface area (Å²) in [5.74, 6) is -0.539. The summed E-state index contributed by atoms with van der Waals surface area (Å²) in [5.41, 5.74) is 6.01. The molecule has 1 aromatic rings. The Hall–Kier alpha value is -1.14. The molecule has 0 fully saturated rings. The van der Waals surface area contributed by atoms with E-state index in [9.17, 15) is 17.6 Å². The average Bonchev–Trinajstić information content (AvgIpc) is 2.28. The first-order valence-corrected chi connectivity index (χ1v) is 6.46. The van der Waals surface area contributed by atoms with Crippen LogP contribution in [0, 0.1) is 5.82 Å². The van der Waals surface area contributed by atoms with E-state index in [-0.39, 0.29) is 5.56 Å². The van der Waals surface area contributed by atoms with Crippen LogP contribution in [0.5, 0.6) is 0 Å². The Morgan fingerprint density at radius 2 is 1.70 bits per heavy atom. The molecule has 0 aliphatic carbocycles. The van der Waals surface area contributed by atoms with Gasteiger partial charge in [-0.3, -0.25) is 4.90 Å². The van der Waals surface area contributed by atoms with Crippen molar-refractivity contribution in [2.45, 2.75) is 45.1 Å². The topological polar surface area (TPSA) is 29.3 Å². The number of alkyl halides is 3. The van der Waals surface area contributed by atoms with Gasteiger partial charge in [-0.15, -0.1) is 0 Å². The Morgan fingerprint density at radius 3 is 2.10 bits per heavy atom. The van der Waals surface area contributed by atoms with Gasteiger partial charge in [0.15, 0.2) is 0 Å². The highest BCUT2D eigenvalue weighted by molar-refractivity contribution is 5.23.